The molecule has 0 aromatic rings. The Bertz CT molecular complexity index is 794. The van der Waals surface area contributed by atoms with E-state index in [9.17, 15) is 14.4 Å². The molecule has 10 heteroatoms. The van der Waals surface area contributed by atoms with Gasteiger partial charge in [0.2, 0.25) is 0 Å². The first kappa shape index (κ1) is 50.1. The molecule has 0 saturated carbocycles. The molecule has 0 amide bonds. The fraction of sp³-hybridized carbons (Fsp3) is 0.929. The van der Waals surface area contributed by atoms with Gasteiger partial charge in [-0.1, -0.05) is 137 Å². The van der Waals surface area contributed by atoms with Crippen LogP contribution in [0.25, 0.3) is 0 Å². The van der Waals surface area contributed by atoms with Crippen LogP contribution in [-0.2, 0) is 38.0 Å². The van der Waals surface area contributed by atoms with Gasteiger partial charge in [0.1, 0.15) is 19.8 Å². The molecule has 0 aliphatic heterocycles. The smallest absolute Gasteiger partial charge is 0.465 e. The van der Waals surface area contributed by atoms with Gasteiger partial charge in [-0.2, -0.15) is 0 Å². The molecule has 0 fully saturated rings. The fourth-order valence-electron chi connectivity index (χ4n) is 5.63. The molecule has 0 rings (SSSR count). The first-order chi connectivity index (χ1) is 25.4. The number of nitrogens with zero attached hydrogens (tertiary/aromatic N) is 1. The van der Waals surface area contributed by atoms with Crippen LogP contribution in [0.15, 0.2) is 0 Å². The Hall–Kier alpha value is -1.91. The molecule has 0 aromatic carbocycles. The molecule has 1 atom stereocenters. The minimum atomic E-state index is -0.784. The van der Waals surface area contributed by atoms with Gasteiger partial charge < -0.3 is 33.3 Å². The highest BCUT2D eigenvalue weighted by atomic mass is 16.7. The van der Waals surface area contributed by atoms with Gasteiger partial charge in [-0.05, 0) is 39.3 Å². The molecule has 0 bridgehead atoms. The number of carbonyl (C=O) groups is 3. The largest absolute Gasteiger partial charge is 0.508 e. The van der Waals surface area contributed by atoms with E-state index in [-0.39, 0.29) is 38.8 Å². The van der Waals surface area contributed by atoms with Crippen molar-refractivity contribution in [2.24, 2.45) is 5.92 Å². The van der Waals surface area contributed by atoms with Crippen molar-refractivity contribution in [3.63, 3.8) is 0 Å². The molecule has 0 aliphatic rings. The second kappa shape index (κ2) is 38.8. The number of ether oxygens (including phenoxy) is 6. The van der Waals surface area contributed by atoms with Crippen LogP contribution < -0.4 is 0 Å². The summed E-state index contributed by atoms with van der Waals surface area (Å²) >= 11 is 0. The van der Waals surface area contributed by atoms with Crippen molar-refractivity contribution in [2.45, 2.75) is 188 Å². The van der Waals surface area contributed by atoms with Crippen molar-refractivity contribution in [2.75, 3.05) is 59.8 Å². The number of carbonyl (C=O) groups excluding carboxylic acids is 3. The molecular formula is C42H81NO9. The third-order valence-corrected chi connectivity index (χ3v) is 9.26. The first-order valence-corrected chi connectivity index (χ1v) is 21.4. The number of rotatable bonds is 39. The summed E-state index contributed by atoms with van der Waals surface area (Å²) in [6, 6.07) is 0. The molecule has 0 heterocycles. The SMILES string of the molecule is CCCCCCCCCCC(=O)OCC(COC(=O)CCC(OCCCCCCCC)OCCCCCCCC)COC(=O)OCCCN(C)CC. The lowest BCUT2D eigenvalue weighted by atomic mass is 10.1. The van der Waals surface area contributed by atoms with E-state index >= 15 is 0 Å². The molecule has 0 aliphatic carbocycles. The van der Waals surface area contributed by atoms with E-state index < -0.39 is 24.3 Å². The zero-order chi connectivity index (χ0) is 38.3. The summed E-state index contributed by atoms with van der Waals surface area (Å²) in [6.07, 6.45) is 23.6. The van der Waals surface area contributed by atoms with Crippen LogP contribution in [0, 0.1) is 5.92 Å². The Kier molecular flexibility index (Phi) is 37.4. The monoisotopic (exact) mass is 744 g/mol. The van der Waals surface area contributed by atoms with Gasteiger partial charge in [-0.15, -0.1) is 0 Å². The van der Waals surface area contributed by atoms with Gasteiger partial charge in [0.05, 0.1) is 18.9 Å². The van der Waals surface area contributed by atoms with Gasteiger partial charge in [0, 0.05) is 32.6 Å². The van der Waals surface area contributed by atoms with Crippen LogP contribution in [-0.4, -0.2) is 89.1 Å². The van der Waals surface area contributed by atoms with Gasteiger partial charge in [0.15, 0.2) is 6.29 Å². The molecule has 10 nitrogen and oxygen atoms in total. The number of unbranched alkanes of at least 4 members (excludes halogenated alkanes) is 17. The third-order valence-electron chi connectivity index (χ3n) is 9.26. The summed E-state index contributed by atoms with van der Waals surface area (Å²) in [5, 5.41) is 0. The Balaban J connectivity index is 4.86. The van der Waals surface area contributed by atoms with E-state index in [1.165, 1.54) is 83.5 Å². The van der Waals surface area contributed by atoms with Crippen LogP contribution in [0.1, 0.15) is 182 Å². The van der Waals surface area contributed by atoms with Crippen molar-refractivity contribution in [1.82, 2.24) is 4.90 Å². The van der Waals surface area contributed by atoms with Crippen molar-refractivity contribution in [3.05, 3.63) is 0 Å². The van der Waals surface area contributed by atoms with Crippen LogP contribution in [0.3, 0.4) is 0 Å². The predicted molar refractivity (Wildman–Crippen MR) is 209 cm³/mol. The van der Waals surface area contributed by atoms with E-state index in [0.717, 1.165) is 58.0 Å². The zero-order valence-corrected chi connectivity index (χ0v) is 34.4. The fourth-order valence-corrected chi connectivity index (χ4v) is 5.63. The lowest BCUT2D eigenvalue weighted by molar-refractivity contribution is -0.161. The molecule has 308 valence electrons. The Morgan fingerprint density at radius 3 is 1.42 bits per heavy atom. The van der Waals surface area contributed by atoms with Gasteiger partial charge in [-0.3, -0.25) is 9.59 Å². The average molecular weight is 744 g/mol. The molecule has 0 N–H and O–H groups in total. The van der Waals surface area contributed by atoms with Crippen molar-refractivity contribution in [3.8, 4) is 0 Å². The molecule has 52 heavy (non-hydrogen) atoms. The number of esters is 2. The highest BCUT2D eigenvalue weighted by molar-refractivity contribution is 5.69. The summed E-state index contributed by atoms with van der Waals surface area (Å²) in [5.41, 5.74) is 0. The minimum Gasteiger partial charge on any atom is -0.465 e. The summed E-state index contributed by atoms with van der Waals surface area (Å²) in [5.74, 6) is -1.19. The molecule has 0 spiro atoms. The molecule has 1 unspecified atom stereocenters. The summed E-state index contributed by atoms with van der Waals surface area (Å²) < 4.78 is 33.8. The maximum Gasteiger partial charge on any atom is 0.508 e. The first-order valence-electron chi connectivity index (χ1n) is 21.4. The normalized spacial score (nSPS) is 12.0. The van der Waals surface area contributed by atoms with Gasteiger partial charge >= 0.3 is 18.1 Å². The van der Waals surface area contributed by atoms with Crippen LogP contribution in [0.2, 0.25) is 0 Å². The van der Waals surface area contributed by atoms with E-state index in [1.54, 1.807) is 0 Å². The van der Waals surface area contributed by atoms with E-state index in [0.29, 0.717) is 32.5 Å². The van der Waals surface area contributed by atoms with Gasteiger partial charge in [-0.25, -0.2) is 4.79 Å². The zero-order valence-electron chi connectivity index (χ0n) is 34.4. The van der Waals surface area contributed by atoms with E-state index in [1.807, 2.05) is 7.05 Å². The van der Waals surface area contributed by atoms with Crippen molar-refractivity contribution >= 4 is 18.1 Å². The van der Waals surface area contributed by atoms with E-state index in [2.05, 4.69) is 32.6 Å². The molecular weight excluding hydrogens is 662 g/mol. The van der Waals surface area contributed by atoms with E-state index in [4.69, 9.17) is 28.4 Å². The lowest BCUT2D eigenvalue weighted by Gasteiger charge is -2.20. The highest BCUT2D eigenvalue weighted by Gasteiger charge is 2.20. The molecule has 0 aromatic heterocycles. The summed E-state index contributed by atoms with van der Waals surface area (Å²) in [4.78, 5) is 39.7. The summed E-state index contributed by atoms with van der Waals surface area (Å²) in [6.45, 7) is 11.8. The Labute approximate surface area is 319 Å². The number of hydrogen-bond acceptors (Lipinski definition) is 10. The van der Waals surface area contributed by atoms with Crippen molar-refractivity contribution < 1.29 is 42.8 Å². The Morgan fingerprint density at radius 1 is 0.481 bits per heavy atom. The minimum absolute atomic E-state index is 0.0108. The lowest BCUT2D eigenvalue weighted by Crippen LogP contribution is -2.27. The molecule has 0 saturated heterocycles. The van der Waals surface area contributed by atoms with Crippen LogP contribution >= 0.6 is 0 Å². The standard InChI is InChI=1S/C42H81NO9/c1-6-10-13-16-19-20-21-24-28-39(44)50-35-38(37-52-42(46)49-34-27-31-43(5)9-4)36-51-40(45)29-30-41(47-32-25-22-17-14-11-7-2)48-33-26-23-18-15-12-8-3/h38,41H,6-37H2,1-5H3. The quantitative estimate of drug-likeness (QED) is 0.0261. The maximum atomic E-state index is 12.8. The topological polar surface area (TPSA) is 110 Å². The van der Waals surface area contributed by atoms with Crippen LogP contribution in [0.4, 0.5) is 4.79 Å². The number of hydrogen-bond donors (Lipinski definition) is 0. The van der Waals surface area contributed by atoms with Gasteiger partial charge in [0.25, 0.3) is 0 Å². The third kappa shape index (κ3) is 35.1. The summed E-state index contributed by atoms with van der Waals surface area (Å²) in [7, 11) is 2.01. The van der Waals surface area contributed by atoms with Crippen molar-refractivity contribution in [1.29, 1.82) is 0 Å². The van der Waals surface area contributed by atoms with Crippen LogP contribution in [0.5, 0.6) is 0 Å². The second-order valence-corrected chi connectivity index (χ2v) is 14.4. The Morgan fingerprint density at radius 2 is 0.923 bits per heavy atom. The molecule has 0 radical (unpaired) electrons. The maximum absolute atomic E-state index is 12.8. The highest BCUT2D eigenvalue weighted by Crippen LogP contribution is 2.14. The average Bonchev–Trinajstić information content (AvgIpc) is 3.14. The predicted octanol–water partition coefficient (Wildman–Crippen LogP) is 10.6. The second-order valence-electron chi connectivity index (χ2n) is 14.4.